The molecule has 0 unspecified atom stereocenters. The van der Waals surface area contributed by atoms with Gasteiger partial charge in [0.25, 0.3) is 5.91 Å². The van der Waals surface area contributed by atoms with Crippen LogP contribution >= 0.6 is 23.2 Å². The summed E-state index contributed by atoms with van der Waals surface area (Å²) in [5, 5.41) is 7.78. The number of nitrogens with zero attached hydrogens (tertiary/aromatic N) is 3. The Morgan fingerprint density at radius 3 is 2.11 bits per heavy atom. The van der Waals surface area contributed by atoms with Gasteiger partial charge in [-0.3, -0.25) is 4.79 Å². The number of hydrazone groups is 1. The van der Waals surface area contributed by atoms with E-state index in [1.54, 1.807) is 17.1 Å². The molecule has 3 aromatic rings. The van der Waals surface area contributed by atoms with Crippen molar-refractivity contribution in [2.45, 2.75) is 30.2 Å². The number of sulfonamides is 1. The first-order chi connectivity index (χ1) is 21.2. The second kappa shape index (κ2) is 14.4. The molecule has 3 aromatic carbocycles. The van der Waals surface area contributed by atoms with Crippen LogP contribution in [-0.4, -0.2) is 69.9 Å². The molecule has 5 rings (SSSR count). The van der Waals surface area contributed by atoms with Gasteiger partial charge in [0, 0.05) is 48.8 Å². The Labute approximate surface area is 268 Å². The minimum atomic E-state index is -3.83. The molecule has 11 heteroatoms. The van der Waals surface area contributed by atoms with Crippen LogP contribution in [0.4, 0.5) is 0 Å². The number of amides is 1. The molecule has 1 amide bonds. The van der Waals surface area contributed by atoms with E-state index in [9.17, 15) is 13.2 Å². The lowest BCUT2D eigenvalue weighted by Crippen LogP contribution is -2.36. The lowest BCUT2D eigenvalue weighted by molar-refractivity contribution is 0.0680. The fourth-order valence-corrected chi connectivity index (χ4v) is 7.37. The maximum Gasteiger partial charge on any atom is 0.274 e. The van der Waals surface area contributed by atoms with Gasteiger partial charge in [-0.1, -0.05) is 47.5 Å². The summed E-state index contributed by atoms with van der Waals surface area (Å²) in [5.41, 5.74) is 4.28. The number of allylic oxidation sites excluding steroid dienone is 1. The third-order valence-electron chi connectivity index (χ3n) is 7.96. The van der Waals surface area contributed by atoms with Crippen molar-refractivity contribution in [3.63, 3.8) is 0 Å². The number of hydrogen-bond acceptors (Lipinski definition) is 6. The summed E-state index contributed by atoms with van der Waals surface area (Å²) in [4.78, 5) is 14.2. The highest BCUT2D eigenvalue weighted by molar-refractivity contribution is 7.89. The lowest BCUT2D eigenvalue weighted by Gasteiger charge is -2.29. The van der Waals surface area contributed by atoms with Gasteiger partial charge < -0.3 is 9.47 Å². The number of ether oxygens (including phenoxy) is 2. The number of fused-ring (bicyclic) bond motifs is 1. The van der Waals surface area contributed by atoms with Gasteiger partial charge in [0.2, 0.25) is 10.0 Å². The highest BCUT2D eigenvalue weighted by Crippen LogP contribution is 2.45. The first-order valence-corrected chi connectivity index (χ1v) is 16.6. The quantitative estimate of drug-likeness (QED) is 0.229. The normalized spacial score (nSPS) is 19.3. The Hall–Kier alpha value is -3.05. The summed E-state index contributed by atoms with van der Waals surface area (Å²) >= 11 is 12.3. The third kappa shape index (κ3) is 7.09. The average Bonchev–Trinajstić information content (AvgIpc) is 3.43. The topological polar surface area (TPSA) is 88.5 Å². The summed E-state index contributed by atoms with van der Waals surface area (Å²) < 4.78 is 38.3. The van der Waals surface area contributed by atoms with Crippen LogP contribution in [0.1, 0.15) is 46.8 Å². The van der Waals surface area contributed by atoms with Crippen LogP contribution in [0, 0.1) is 5.92 Å². The molecular formula is C33H35Cl2N3O5S. The van der Waals surface area contributed by atoms with E-state index in [0.717, 1.165) is 41.7 Å². The zero-order valence-electron chi connectivity index (χ0n) is 24.7. The van der Waals surface area contributed by atoms with Crippen LogP contribution in [0.5, 0.6) is 0 Å². The number of hydrogen-bond donors (Lipinski definition) is 0. The van der Waals surface area contributed by atoms with Crippen molar-refractivity contribution < 1.29 is 22.7 Å². The molecule has 2 aliphatic rings. The van der Waals surface area contributed by atoms with Crippen LogP contribution in [0.25, 0.3) is 6.08 Å². The van der Waals surface area contributed by atoms with Crippen molar-refractivity contribution in [2.24, 2.45) is 11.0 Å². The highest BCUT2D eigenvalue weighted by Gasteiger charge is 2.44. The summed E-state index contributed by atoms with van der Waals surface area (Å²) in [7, 11) is -0.787. The fraction of sp³-hybridized carbons (Fsp3) is 0.333. The molecule has 1 heterocycles. The van der Waals surface area contributed by atoms with Crippen molar-refractivity contribution in [1.82, 2.24) is 9.31 Å². The second-order valence-electron chi connectivity index (χ2n) is 10.8. The fourth-order valence-electron chi connectivity index (χ4n) is 5.71. The SMILES string of the molecule is COCCN(CCOC)S(=O)(=O)c1ccc(C(=O)N2N=C3/C(=C\c4ccc(Cl)cc4)CCC[C@H]3[C@@H]2c2ccc(Cl)cc2)cc1. The van der Waals surface area contributed by atoms with Crippen molar-refractivity contribution >= 4 is 50.9 Å². The lowest BCUT2D eigenvalue weighted by atomic mass is 9.77. The molecule has 1 aliphatic heterocycles. The minimum Gasteiger partial charge on any atom is -0.383 e. The van der Waals surface area contributed by atoms with E-state index in [-0.39, 0.29) is 49.1 Å². The summed E-state index contributed by atoms with van der Waals surface area (Å²) in [6, 6.07) is 20.9. The molecule has 2 atom stereocenters. The van der Waals surface area contributed by atoms with Gasteiger partial charge in [-0.25, -0.2) is 13.4 Å². The van der Waals surface area contributed by atoms with Gasteiger partial charge in [-0.05, 0) is 90.6 Å². The maximum absolute atomic E-state index is 14.1. The minimum absolute atomic E-state index is 0.00204. The van der Waals surface area contributed by atoms with Crippen LogP contribution in [0.15, 0.2) is 88.4 Å². The molecule has 0 bridgehead atoms. The molecule has 0 N–H and O–H groups in total. The number of carbonyl (C=O) groups is 1. The van der Waals surface area contributed by atoms with E-state index in [0.29, 0.717) is 15.6 Å². The van der Waals surface area contributed by atoms with Crippen molar-refractivity contribution in [1.29, 1.82) is 0 Å². The molecule has 0 aromatic heterocycles. The Bertz CT molecular complexity index is 1620. The summed E-state index contributed by atoms with van der Waals surface area (Å²) in [6.45, 7) is 0.862. The maximum atomic E-state index is 14.1. The van der Waals surface area contributed by atoms with Crippen LogP contribution in [0.3, 0.4) is 0 Å². The predicted molar refractivity (Wildman–Crippen MR) is 174 cm³/mol. The van der Waals surface area contributed by atoms with Gasteiger partial charge >= 0.3 is 0 Å². The Morgan fingerprint density at radius 2 is 1.52 bits per heavy atom. The van der Waals surface area contributed by atoms with Crippen molar-refractivity contribution in [3.8, 4) is 0 Å². The zero-order valence-corrected chi connectivity index (χ0v) is 27.0. The number of carbonyl (C=O) groups excluding carboxylic acids is 1. The number of methoxy groups -OCH3 is 2. The first-order valence-electron chi connectivity index (χ1n) is 14.4. The zero-order chi connectivity index (χ0) is 31.3. The van der Waals surface area contributed by atoms with E-state index in [1.165, 1.54) is 30.7 Å². The summed E-state index contributed by atoms with van der Waals surface area (Å²) in [5.74, 6) is -0.306. The van der Waals surface area contributed by atoms with Gasteiger partial charge in [-0.15, -0.1) is 0 Å². The largest absolute Gasteiger partial charge is 0.383 e. The molecule has 0 radical (unpaired) electrons. The van der Waals surface area contributed by atoms with Crippen molar-refractivity contribution in [3.05, 3.63) is 105 Å². The standard InChI is InChI=1S/C33H35Cl2N3O5S/c1-42-20-18-37(19-21-43-2)44(40,41)29-16-10-25(11-17-29)33(39)38-32(24-8-14-28(35)15-9-24)30-5-3-4-26(31(30)36-38)22-23-6-12-27(34)13-7-23/h6-17,22,30,32H,3-5,18-21H2,1-2H3/b26-22-/t30-,32+/m1/s1. The van der Waals surface area contributed by atoms with Gasteiger partial charge in [0.05, 0.1) is 29.9 Å². The van der Waals surface area contributed by atoms with E-state index in [1.807, 2.05) is 48.5 Å². The first kappa shape index (κ1) is 32.3. The van der Waals surface area contributed by atoms with Crippen LogP contribution < -0.4 is 0 Å². The predicted octanol–water partition coefficient (Wildman–Crippen LogP) is 6.71. The van der Waals surface area contributed by atoms with Gasteiger partial charge in [0.1, 0.15) is 0 Å². The third-order valence-corrected chi connectivity index (χ3v) is 10.4. The van der Waals surface area contributed by atoms with Crippen LogP contribution in [0.2, 0.25) is 10.0 Å². The van der Waals surface area contributed by atoms with E-state index in [2.05, 4.69) is 6.08 Å². The van der Waals surface area contributed by atoms with Gasteiger partial charge in [0.15, 0.2) is 0 Å². The molecule has 1 saturated carbocycles. The molecule has 8 nitrogen and oxygen atoms in total. The summed E-state index contributed by atoms with van der Waals surface area (Å²) in [6.07, 6.45) is 4.81. The second-order valence-corrected chi connectivity index (χ2v) is 13.6. The van der Waals surface area contributed by atoms with Gasteiger partial charge in [-0.2, -0.15) is 9.41 Å². The molecule has 232 valence electrons. The van der Waals surface area contributed by atoms with E-state index in [4.69, 9.17) is 37.8 Å². The number of rotatable bonds is 11. The number of halogens is 2. The smallest absolute Gasteiger partial charge is 0.274 e. The Balaban J connectivity index is 1.48. The van der Waals surface area contributed by atoms with Crippen LogP contribution in [-0.2, 0) is 19.5 Å². The molecular weight excluding hydrogens is 621 g/mol. The van der Waals surface area contributed by atoms with E-state index < -0.39 is 10.0 Å². The van der Waals surface area contributed by atoms with E-state index >= 15 is 0 Å². The Kier molecular flexibility index (Phi) is 10.6. The highest BCUT2D eigenvalue weighted by atomic mass is 35.5. The number of benzene rings is 3. The monoisotopic (exact) mass is 655 g/mol. The molecule has 1 fully saturated rings. The molecule has 0 saturated heterocycles. The molecule has 44 heavy (non-hydrogen) atoms. The average molecular weight is 657 g/mol. The molecule has 0 spiro atoms. The molecule has 1 aliphatic carbocycles. The Morgan fingerprint density at radius 1 is 0.932 bits per heavy atom. The van der Waals surface area contributed by atoms with Crippen molar-refractivity contribution in [2.75, 3.05) is 40.5 Å².